The minimum atomic E-state index is -0.930. The molecule has 1 heterocycles. The van der Waals surface area contributed by atoms with Gasteiger partial charge in [-0.3, -0.25) is 9.59 Å². The zero-order valence-corrected chi connectivity index (χ0v) is 13.0. The van der Waals surface area contributed by atoms with Gasteiger partial charge in [0.1, 0.15) is 23.1 Å². The van der Waals surface area contributed by atoms with Crippen molar-refractivity contribution in [1.82, 2.24) is 20.3 Å². The van der Waals surface area contributed by atoms with Crippen LogP contribution in [0.1, 0.15) is 38.5 Å². The van der Waals surface area contributed by atoms with E-state index in [-0.39, 0.29) is 12.5 Å². The molecule has 23 heavy (non-hydrogen) atoms. The topological polar surface area (TPSA) is 103 Å². The Kier molecular flexibility index (Phi) is 4.27. The number of fused-ring (bicyclic) bond motifs is 1. The van der Waals surface area contributed by atoms with Gasteiger partial charge in [0.15, 0.2) is 0 Å². The molecule has 3 rings (SSSR count). The molecule has 1 saturated carbocycles. The molecule has 0 atom stereocenters. The highest BCUT2D eigenvalue weighted by Crippen LogP contribution is 2.27. The highest BCUT2D eigenvalue weighted by molar-refractivity contribution is 5.90. The molecule has 0 radical (unpaired) electrons. The molecule has 7 heteroatoms. The van der Waals surface area contributed by atoms with Crippen molar-refractivity contribution in [2.24, 2.45) is 5.73 Å². The summed E-state index contributed by atoms with van der Waals surface area (Å²) in [6.07, 6.45) is 5.12. The van der Waals surface area contributed by atoms with Gasteiger partial charge in [-0.2, -0.15) is 15.0 Å². The number of carbonyl (C=O) groups is 2. The largest absolute Gasteiger partial charge is 0.368 e. The molecule has 1 aliphatic carbocycles. The maximum atomic E-state index is 12.4. The monoisotopic (exact) mass is 315 g/mol. The molecule has 1 aromatic heterocycles. The van der Waals surface area contributed by atoms with E-state index in [2.05, 4.69) is 15.5 Å². The lowest BCUT2D eigenvalue weighted by molar-refractivity contribution is -0.132. The van der Waals surface area contributed by atoms with Crippen LogP contribution in [0, 0.1) is 0 Å². The lowest BCUT2D eigenvalue weighted by Crippen LogP contribution is -2.57. The van der Waals surface area contributed by atoms with Crippen molar-refractivity contribution < 1.29 is 9.59 Å². The Bertz CT molecular complexity index is 683. The standard InChI is InChI=1S/C16H21N5O2/c17-15(23)16(9-5-1-2-6-10-16)18-14(22)11-21-19-12-7-3-4-8-13(12)20-21/h3-4,7-8H,1-2,5-6,9-11H2,(H2,17,23)(H,18,22). The van der Waals surface area contributed by atoms with E-state index in [0.717, 1.165) is 36.7 Å². The molecule has 1 aromatic carbocycles. The number of aromatic nitrogens is 3. The molecule has 0 bridgehead atoms. The molecule has 0 saturated heterocycles. The quantitative estimate of drug-likeness (QED) is 0.825. The fourth-order valence-corrected chi connectivity index (χ4v) is 3.18. The zero-order chi connectivity index (χ0) is 16.3. The van der Waals surface area contributed by atoms with Gasteiger partial charge in [-0.15, -0.1) is 0 Å². The summed E-state index contributed by atoms with van der Waals surface area (Å²) in [6, 6.07) is 7.42. The summed E-state index contributed by atoms with van der Waals surface area (Å²) in [5, 5.41) is 11.4. The Morgan fingerprint density at radius 2 is 1.65 bits per heavy atom. The van der Waals surface area contributed by atoms with Crippen molar-refractivity contribution in [2.75, 3.05) is 0 Å². The molecular formula is C16H21N5O2. The van der Waals surface area contributed by atoms with E-state index in [4.69, 9.17) is 5.73 Å². The van der Waals surface area contributed by atoms with E-state index in [1.807, 2.05) is 24.3 Å². The Morgan fingerprint density at radius 1 is 1.09 bits per heavy atom. The summed E-state index contributed by atoms with van der Waals surface area (Å²) in [5.41, 5.74) is 6.12. The third-order valence-corrected chi connectivity index (χ3v) is 4.42. The first-order valence-corrected chi connectivity index (χ1v) is 8.00. The first-order chi connectivity index (χ1) is 11.1. The van der Waals surface area contributed by atoms with E-state index in [1.54, 1.807) is 0 Å². The summed E-state index contributed by atoms with van der Waals surface area (Å²) in [4.78, 5) is 25.6. The summed E-state index contributed by atoms with van der Waals surface area (Å²) < 4.78 is 0. The first kappa shape index (κ1) is 15.5. The number of nitrogens with one attached hydrogen (secondary N) is 1. The second-order valence-electron chi connectivity index (χ2n) is 6.13. The zero-order valence-electron chi connectivity index (χ0n) is 13.0. The molecule has 7 nitrogen and oxygen atoms in total. The van der Waals surface area contributed by atoms with E-state index in [9.17, 15) is 9.59 Å². The number of nitrogens with zero attached hydrogens (tertiary/aromatic N) is 3. The van der Waals surface area contributed by atoms with Gasteiger partial charge < -0.3 is 11.1 Å². The Hall–Kier alpha value is -2.44. The van der Waals surface area contributed by atoms with E-state index < -0.39 is 11.4 Å². The van der Waals surface area contributed by atoms with E-state index >= 15 is 0 Å². The van der Waals surface area contributed by atoms with Crippen LogP contribution in [0.2, 0.25) is 0 Å². The van der Waals surface area contributed by atoms with Crippen LogP contribution >= 0.6 is 0 Å². The number of hydrogen-bond donors (Lipinski definition) is 2. The lowest BCUT2D eigenvalue weighted by atomic mass is 9.89. The smallest absolute Gasteiger partial charge is 0.244 e. The molecule has 1 aliphatic rings. The van der Waals surface area contributed by atoms with Crippen LogP contribution in [0.3, 0.4) is 0 Å². The molecule has 2 aromatic rings. The minimum absolute atomic E-state index is 0.0241. The van der Waals surface area contributed by atoms with Gasteiger partial charge in [0.25, 0.3) is 0 Å². The summed E-state index contributed by atoms with van der Waals surface area (Å²) >= 11 is 0. The van der Waals surface area contributed by atoms with Gasteiger partial charge in [0.2, 0.25) is 11.8 Å². The van der Waals surface area contributed by atoms with Gasteiger partial charge >= 0.3 is 0 Å². The molecule has 0 unspecified atom stereocenters. The van der Waals surface area contributed by atoms with Crippen LogP contribution in [0.25, 0.3) is 11.0 Å². The van der Waals surface area contributed by atoms with Crippen LogP contribution < -0.4 is 11.1 Å². The van der Waals surface area contributed by atoms with Gasteiger partial charge in [-0.05, 0) is 25.0 Å². The number of carbonyl (C=O) groups excluding carboxylic acids is 2. The van der Waals surface area contributed by atoms with Crippen molar-refractivity contribution in [3.63, 3.8) is 0 Å². The van der Waals surface area contributed by atoms with Gasteiger partial charge in [-0.25, -0.2) is 0 Å². The summed E-state index contributed by atoms with van der Waals surface area (Å²) in [6.45, 7) is -0.0241. The molecule has 0 spiro atoms. The predicted molar refractivity (Wildman–Crippen MR) is 85.3 cm³/mol. The van der Waals surface area contributed by atoms with Crippen molar-refractivity contribution >= 4 is 22.8 Å². The molecule has 122 valence electrons. The summed E-state index contributed by atoms with van der Waals surface area (Å²) in [7, 11) is 0. The van der Waals surface area contributed by atoms with Crippen LogP contribution in [0.4, 0.5) is 0 Å². The first-order valence-electron chi connectivity index (χ1n) is 8.00. The van der Waals surface area contributed by atoms with Crippen molar-refractivity contribution in [2.45, 2.75) is 50.6 Å². The van der Waals surface area contributed by atoms with E-state index in [0.29, 0.717) is 12.8 Å². The SMILES string of the molecule is NC(=O)C1(NC(=O)Cn2nc3ccccc3n2)CCCCCC1. The molecular weight excluding hydrogens is 294 g/mol. The second-order valence-corrected chi connectivity index (χ2v) is 6.13. The molecule has 2 amide bonds. The highest BCUT2D eigenvalue weighted by Gasteiger charge is 2.38. The predicted octanol–water partition coefficient (Wildman–Crippen LogP) is 1.13. The Labute approximate surface area is 134 Å². The van der Waals surface area contributed by atoms with Gasteiger partial charge in [-0.1, -0.05) is 37.8 Å². The number of nitrogens with two attached hydrogens (primary N) is 1. The van der Waals surface area contributed by atoms with Gasteiger partial charge in [0.05, 0.1) is 0 Å². The van der Waals surface area contributed by atoms with Crippen molar-refractivity contribution in [1.29, 1.82) is 0 Å². The third-order valence-electron chi connectivity index (χ3n) is 4.42. The number of primary amides is 1. The number of rotatable bonds is 4. The third kappa shape index (κ3) is 3.33. The normalized spacial score (nSPS) is 17.6. The number of amides is 2. The molecule has 0 aliphatic heterocycles. The van der Waals surface area contributed by atoms with E-state index in [1.165, 1.54) is 4.80 Å². The summed E-state index contributed by atoms with van der Waals surface area (Å²) in [5.74, 6) is -0.739. The average Bonchev–Trinajstić information content (AvgIpc) is 2.76. The molecule has 1 fully saturated rings. The fourth-order valence-electron chi connectivity index (χ4n) is 3.18. The van der Waals surface area contributed by atoms with Crippen LogP contribution in [-0.4, -0.2) is 32.3 Å². The van der Waals surface area contributed by atoms with Crippen LogP contribution in [0.5, 0.6) is 0 Å². The molecule has 3 N–H and O–H groups in total. The van der Waals surface area contributed by atoms with Crippen LogP contribution in [0.15, 0.2) is 24.3 Å². The second kappa shape index (κ2) is 6.36. The number of hydrogen-bond acceptors (Lipinski definition) is 4. The average molecular weight is 315 g/mol. The number of benzene rings is 1. The fraction of sp³-hybridized carbons (Fsp3) is 0.500. The lowest BCUT2D eigenvalue weighted by Gasteiger charge is -2.30. The minimum Gasteiger partial charge on any atom is -0.368 e. The van der Waals surface area contributed by atoms with Gasteiger partial charge in [0, 0.05) is 0 Å². The Balaban J connectivity index is 1.72. The van der Waals surface area contributed by atoms with Crippen LogP contribution in [-0.2, 0) is 16.1 Å². The van der Waals surface area contributed by atoms with Crippen molar-refractivity contribution in [3.05, 3.63) is 24.3 Å². The maximum absolute atomic E-state index is 12.4. The Morgan fingerprint density at radius 3 is 2.17 bits per heavy atom. The maximum Gasteiger partial charge on any atom is 0.244 e. The highest BCUT2D eigenvalue weighted by atomic mass is 16.2. The van der Waals surface area contributed by atoms with Crippen molar-refractivity contribution in [3.8, 4) is 0 Å².